The highest BCUT2D eigenvalue weighted by Gasteiger charge is 2.30. The van der Waals surface area contributed by atoms with E-state index in [9.17, 15) is 13.2 Å². The van der Waals surface area contributed by atoms with Crippen molar-refractivity contribution in [2.24, 2.45) is 0 Å². The van der Waals surface area contributed by atoms with Crippen molar-refractivity contribution >= 4 is 0 Å². The molecule has 0 atom stereocenters. The van der Waals surface area contributed by atoms with E-state index >= 15 is 0 Å². The van der Waals surface area contributed by atoms with Gasteiger partial charge in [0.25, 0.3) is 0 Å². The Kier molecular flexibility index (Phi) is 4.98. The molecule has 0 N–H and O–H groups in total. The number of hydrogen-bond acceptors (Lipinski definition) is 5. The van der Waals surface area contributed by atoms with Crippen LogP contribution in [0, 0.1) is 18.8 Å². The molecule has 0 bridgehead atoms. The predicted octanol–water partition coefficient (Wildman–Crippen LogP) is 3.76. The Morgan fingerprint density at radius 2 is 1.94 bits per heavy atom. The Hall–Kier alpha value is -3.97. The van der Waals surface area contributed by atoms with Gasteiger partial charge in [0.05, 0.1) is 23.5 Å². The highest BCUT2D eigenvalue weighted by Crippen LogP contribution is 2.33. The second kappa shape index (κ2) is 7.86. The third-order valence-corrected chi connectivity index (χ3v) is 5.33. The van der Waals surface area contributed by atoms with E-state index in [2.05, 4.69) is 32.0 Å². The van der Waals surface area contributed by atoms with Gasteiger partial charge in [-0.1, -0.05) is 11.6 Å². The summed E-state index contributed by atoms with van der Waals surface area (Å²) in [5, 5.41) is 8.68. The average Bonchev–Trinajstić information content (AvgIpc) is 3.33. The Labute approximate surface area is 186 Å². The summed E-state index contributed by atoms with van der Waals surface area (Å²) in [7, 11) is 1.59. The van der Waals surface area contributed by atoms with E-state index in [1.807, 2.05) is 34.3 Å². The first kappa shape index (κ1) is 20.9. The molecule has 33 heavy (non-hydrogen) atoms. The summed E-state index contributed by atoms with van der Waals surface area (Å²) in [4.78, 5) is 8.28. The third-order valence-electron chi connectivity index (χ3n) is 5.33. The number of aromatic nitrogens is 6. The minimum absolute atomic E-state index is 0.222. The number of nitrogens with zero attached hydrogens (tertiary/aromatic N) is 6. The molecule has 4 heterocycles. The molecule has 1 aliphatic heterocycles. The van der Waals surface area contributed by atoms with Crippen LogP contribution >= 0.6 is 0 Å². The molecule has 0 spiro atoms. The summed E-state index contributed by atoms with van der Waals surface area (Å²) in [6.45, 7) is 2.70. The van der Waals surface area contributed by atoms with Crippen LogP contribution in [0.5, 0.6) is 0 Å². The number of alkyl halides is 3. The van der Waals surface area contributed by atoms with E-state index in [0.29, 0.717) is 30.5 Å². The van der Waals surface area contributed by atoms with E-state index in [1.165, 1.54) is 6.07 Å². The second-order valence-corrected chi connectivity index (χ2v) is 7.57. The van der Waals surface area contributed by atoms with Crippen LogP contribution in [0.3, 0.4) is 0 Å². The van der Waals surface area contributed by atoms with Crippen molar-refractivity contribution in [3.05, 3.63) is 76.9 Å². The molecule has 0 saturated carbocycles. The standard InChI is InChI=1S/C23H17F3N6O/c1-14-3-8-19-17(9-14)22-30-29-21(12-33-2)31(22)11-20-18(28-13-32(19)20)7-6-16-5-4-15(10-27-16)23(24,25)26/h3-5,8-10,13H,11-12H2,1-2H3. The van der Waals surface area contributed by atoms with Crippen LogP contribution in [0.1, 0.15) is 34.0 Å². The molecular weight excluding hydrogens is 433 g/mol. The molecule has 3 aromatic heterocycles. The van der Waals surface area contributed by atoms with Gasteiger partial charge < -0.3 is 9.30 Å². The fourth-order valence-electron chi connectivity index (χ4n) is 3.72. The zero-order chi connectivity index (χ0) is 23.2. The molecule has 0 unspecified atom stereocenters. The lowest BCUT2D eigenvalue weighted by atomic mass is 10.1. The molecule has 166 valence electrons. The van der Waals surface area contributed by atoms with Crippen LogP contribution in [0.2, 0.25) is 0 Å². The van der Waals surface area contributed by atoms with Gasteiger partial charge in [0.15, 0.2) is 11.6 Å². The topological polar surface area (TPSA) is 70.7 Å². The number of hydrogen-bond donors (Lipinski definition) is 0. The van der Waals surface area contributed by atoms with Crippen molar-refractivity contribution in [1.29, 1.82) is 0 Å². The first-order chi connectivity index (χ1) is 15.8. The van der Waals surface area contributed by atoms with Crippen LogP contribution < -0.4 is 0 Å². The number of imidazole rings is 1. The Morgan fingerprint density at radius 1 is 1.09 bits per heavy atom. The van der Waals surface area contributed by atoms with Crippen molar-refractivity contribution in [1.82, 2.24) is 29.3 Å². The Balaban J connectivity index is 1.60. The summed E-state index contributed by atoms with van der Waals surface area (Å²) in [6, 6.07) is 8.24. The minimum atomic E-state index is -4.44. The number of methoxy groups -OCH3 is 1. The number of fused-ring (bicyclic) bond motifs is 5. The number of benzene rings is 1. The van der Waals surface area contributed by atoms with Crippen LogP contribution in [-0.4, -0.2) is 36.4 Å². The van der Waals surface area contributed by atoms with Gasteiger partial charge in [0.1, 0.15) is 24.3 Å². The number of ether oxygens (including phenoxy) is 1. The van der Waals surface area contributed by atoms with Gasteiger partial charge in [0, 0.05) is 18.9 Å². The average molecular weight is 450 g/mol. The van der Waals surface area contributed by atoms with Crippen molar-refractivity contribution in [3.63, 3.8) is 0 Å². The fraction of sp³-hybridized carbons (Fsp3) is 0.217. The number of aryl methyl sites for hydroxylation is 1. The number of pyridine rings is 1. The zero-order valence-electron chi connectivity index (χ0n) is 17.7. The molecule has 4 aromatic rings. The van der Waals surface area contributed by atoms with Gasteiger partial charge in [-0.05, 0) is 43.0 Å². The summed E-state index contributed by atoms with van der Waals surface area (Å²) < 4.78 is 47.5. The zero-order valence-corrected chi connectivity index (χ0v) is 17.7. The molecule has 7 nitrogen and oxygen atoms in total. The highest BCUT2D eigenvalue weighted by atomic mass is 19.4. The smallest absolute Gasteiger partial charge is 0.377 e. The normalized spacial score (nSPS) is 12.3. The SMILES string of the molecule is COCc1nnc2n1Cc1c(C#Cc3ccc(C(F)(F)F)cn3)ncn1-c1ccc(C)cc1-2. The maximum absolute atomic E-state index is 12.8. The lowest BCUT2D eigenvalue weighted by Gasteiger charge is -2.08. The van der Waals surface area contributed by atoms with E-state index < -0.39 is 11.7 Å². The second-order valence-electron chi connectivity index (χ2n) is 7.57. The third kappa shape index (κ3) is 3.76. The van der Waals surface area contributed by atoms with Gasteiger partial charge >= 0.3 is 6.18 Å². The van der Waals surface area contributed by atoms with E-state index in [-0.39, 0.29) is 5.69 Å². The predicted molar refractivity (Wildman–Crippen MR) is 112 cm³/mol. The van der Waals surface area contributed by atoms with Crippen molar-refractivity contribution in [3.8, 4) is 28.9 Å². The van der Waals surface area contributed by atoms with Gasteiger partial charge in [-0.25, -0.2) is 9.97 Å². The lowest BCUT2D eigenvalue weighted by Crippen LogP contribution is -2.09. The maximum atomic E-state index is 12.8. The molecule has 1 aliphatic rings. The van der Waals surface area contributed by atoms with Crippen LogP contribution in [0.4, 0.5) is 13.2 Å². The molecule has 0 aliphatic carbocycles. The van der Waals surface area contributed by atoms with Crippen molar-refractivity contribution in [2.45, 2.75) is 26.3 Å². The highest BCUT2D eigenvalue weighted by molar-refractivity contribution is 5.70. The monoisotopic (exact) mass is 450 g/mol. The lowest BCUT2D eigenvalue weighted by molar-refractivity contribution is -0.137. The Bertz CT molecular complexity index is 1410. The first-order valence-corrected chi connectivity index (χ1v) is 9.99. The first-order valence-electron chi connectivity index (χ1n) is 9.99. The number of rotatable bonds is 2. The summed E-state index contributed by atoms with van der Waals surface area (Å²) >= 11 is 0. The summed E-state index contributed by atoms with van der Waals surface area (Å²) in [5.41, 5.74) is 3.57. The molecule has 0 amide bonds. The molecular formula is C23H17F3N6O. The quantitative estimate of drug-likeness (QED) is 0.383. The van der Waals surface area contributed by atoms with Gasteiger partial charge in [0.2, 0.25) is 0 Å². The van der Waals surface area contributed by atoms with Crippen LogP contribution in [0.15, 0.2) is 42.9 Å². The van der Waals surface area contributed by atoms with Crippen molar-refractivity contribution < 1.29 is 17.9 Å². The Morgan fingerprint density at radius 3 is 2.67 bits per heavy atom. The van der Waals surface area contributed by atoms with Crippen LogP contribution in [-0.2, 0) is 24.1 Å². The molecule has 0 fully saturated rings. The molecule has 5 rings (SSSR count). The van der Waals surface area contributed by atoms with E-state index in [4.69, 9.17) is 4.74 Å². The molecule has 0 radical (unpaired) electrons. The molecule has 10 heteroatoms. The maximum Gasteiger partial charge on any atom is 0.417 e. The molecule has 0 saturated heterocycles. The van der Waals surface area contributed by atoms with Crippen LogP contribution in [0.25, 0.3) is 17.1 Å². The largest absolute Gasteiger partial charge is 0.417 e. The van der Waals surface area contributed by atoms with Crippen molar-refractivity contribution in [2.75, 3.05) is 7.11 Å². The number of halogens is 3. The van der Waals surface area contributed by atoms with Gasteiger partial charge in [-0.2, -0.15) is 13.2 Å². The van der Waals surface area contributed by atoms with E-state index in [0.717, 1.165) is 34.8 Å². The fourth-order valence-corrected chi connectivity index (χ4v) is 3.72. The van der Waals surface area contributed by atoms with Gasteiger partial charge in [-0.15, -0.1) is 10.2 Å². The van der Waals surface area contributed by atoms with Gasteiger partial charge in [-0.3, -0.25) is 4.57 Å². The summed E-state index contributed by atoms with van der Waals surface area (Å²) in [5.74, 6) is 7.16. The minimum Gasteiger partial charge on any atom is -0.377 e. The summed E-state index contributed by atoms with van der Waals surface area (Å²) in [6.07, 6.45) is -1.98. The molecule has 1 aromatic carbocycles. The van der Waals surface area contributed by atoms with E-state index in [1.54, 1.807) is 13.4 Å².